The van der Waals surface area contributed by atoms with Gasteiger partial charge < -0.3 is 4.74 Å². The summed E-state index contributed by atoms with van der Waals surface area (Å²) in [6.07, 6.45) is 3.46. The Morgan fingerprint density at radius 2 is 2.16 bits per heavy atom. The molecule has 1 atom stereocenters. The van der Waals surface area contributed by atoms with E-state index in [0.29, 0.717) is 10.7 Å². The molecule has 0 bridgehead atoms. The number of benzene rings is 1. The van der Waals surface area contributed by atoms with Crippen LogP contribution in [0.1, 0.15) is 5.69 Å². The van der Waals surface area contributed by atoms with E-state index in [0.717, 1.165) is 10.6 Å². The number of methoxy groups -OCH3 is 1. The molecule has 0 aliphatic carbocycles. The third-order valence-electron chi connectivity index (χ3n) is 2.44. The molecule has 98 valence electrons. The Hall–Kier alpha value is -1.65. The van der Waals surface area contributed by atoms with E-state index < -0.39 is 10.7 Å². The highest BCUT2D eigenvalue weighted by atomic mass is 35.5. The molecule has 0 aliphatic rings. The third-order valence-corrected chi connectivity index (χ3v) is 3.93. The van der Waals surface area contributed by atoms with Crippen LogP contribution in [0.3, 0.4) is 0 Å². The van der Waals surface area contributed by atoms with Crippen LogP contribution < -0.4 is 4.74 Å². The predicted molar refractivity (Wildman–Crippen MR) is 79.6 cm³/mol. The van der Waals surface area contributed by atoms with Crippen molar-refractivity contribution < 1.29 is 4.74 Å². The highest BCUT2D eigenvalue weighted by Gasteiger charge is 2.00. The molecular formula is C14H13ClN2OS. The van der Waals surface area contributed by atoms with Crippen LogP contribution in [0.4, 0.5) is 0 Å². The molecule has 0 amide bonds. The van der Waals surface area contributed by atoms with E-state index in [-0.39, 0.29) is 0 Å². The molecule has 0 saturated carbocycles. The van der Waals surface area contributed by atoms with Crippen molar-refractivity contribution in [2.45, 2.75) is 4.90 Å². The van der Waals surface area contributed by atoms with Crippen molar-refractivity contribution in [3.63, 3.8) is 0 Å². The van der Waals surface area contributed by atoms with Gasteiger partial charge in [0.25, 0.3) is 0 Å². The fourth-order valence-corrected chi connectivity index (χ4v) is 2.54. The number of ether oxygens (including phenoxy) is 1. The molecule has 0 fully saturated rings. The SMILES string of the molecule is COc1cccc(S(=N)/C=C/c2ncccc2Cl)c1. The first-order chi connectivity index (χ1) is 9.20. The van der Waals surface area contributed by atoms with Gasteiger partial charge in [0.1, 0.15) is 5.75 Å². The van der Waals surface area contributed by atoms with Gasteiger partial charge in [0.2, 0.25) is 0 Å². The summed E-state index contributed by atoms with van der Waals surface area (Å²) in [6.45, 7) is 0. The number of rotatable bonds is 4. The molecule has 1 heterocycles. The number of pyridine rings is 1. The summed E-state index contributed by atoms with van der Waals surface area (Å²) >= 11 is 6.01. The minimum atomic E-state index is -0.763. The first kappa shape index (κ1) is 13.8. The van der Waals surface area contributed by atoms with E-state index in [2.05, 4.69) is 4.98 Å². The van der Waals surface area contributed by atoms with E-state index >= 15 is 0 Å². The summed E-state index contributed by atoms with van der Waals surface area (Å²) in [5.74, 6) is 0.756. The summed E-state index contributed by atoms with van der Waals surface area (Å²) in [5.41, 5.74) is 0.678. The van der Waals surface area contributed by atoms with E-state index in [1.54, 1.807) is 36.9 Å². The average Bonchev–Trinajstić information content (AvgIpc) is 2.46. The van der Waals surface area contributed by atoms with Crippen LogP contribution in [0.2, 0.25) is 5.02 Å². The average molecular weight is 293 g/mol. The second-order valence-corrected chi connectivity index (χ2v) is 5.52. The van der Waals surface area contributed by atoms with E-state index in [1.165, 1.54) is 0 Å². The normalized spacial score (nSPS) is 12.5. The zero-order valence-corrected chi connectivity index (χ0v) is 11.9. The van der Waals surface area contributed by atoms with Gasteiger partial charge in [-0.25, -0.2) is 0 Å². The molecule has 2 aromatic rings. The lowest BCUT2D eigenvalue weighted by Crippen LogP contribution is -1.88. The fraction of sp³-hybridized carbons (Fsp3) is 0.0714. The third kappa shape index (κ3) is 3.66. The molecule has 0 radical (unpaired) electrons. The van der Waals surface area contributed by atoms with Crippen LogP contribution in [0.25, 0.3) is 6.08 Å². The maximum Gasteiger partial charge on any atom is 0.120 e. The lowest BCUT2D eigenvalue weighted by Gasteiger charge is -2.03. The summed E-state index contributed by atoms with van der Waals surface area (Å²) < 4.78 is 13.3. The summed E-state index contributed by atoms with van der Waals surface area (Å²) in [5, 5.41) is 2.37. The predicted octanol–water partition coefficient (Wildman–Crippen LogP) is 4.15. The molecule has 0 spiro atoms. The first-order valence-electron chi connectivity index (χ1n) is 5.58. The van der Waals surface area contributed by atoms with Crippen molar-refractivity contribution in [2.24, 2.45) is 0 Å². The lowest BCUT2D eigenvalue weighted by atomic mass is 10.3. The quantitative estimate of drug-likeness (QED) is 0.920. The Balaban J connectivity index is 2.19. The van der Waals surface area contributed by atoms with E-state index in [9.17, 15) is 0 Å². The summed E-state index contributed by atoms with van der Waals surface area (Å²) in [6, 6.07) is 11.1. The lowest BCUT2D eigenvalue weighted by molar-refractivity contribution is 0.413. The zero-order chi connectivity index (χ0) is 13.7. The van der Waals surface area contributed by atoms with Crippen molar-refractivity contribution in [1.82, 2.24) is 4.98 Å². The van der Waals surface area contributed by atoms with Crippen molar-refractivity contribution in [1.29, 1.82) is 4.78 Å². The summed E-state index contributed by atoms with van der Waals surface area (Å²) in [7, 11) is 0.853. The van der Waals surface area contributed by atoms with Gasteiger partial charge in [-0.1, -0.05) is 17.7 Å². The molecule has 1 unspecified atom stereocenters. The number of nitrogens with zero attached hydrogens (tertiary/aromatic N) is 1. The van der Waals surface area contributed by atoms with Crippen molar-refractivity contribution in [3.05, 3.63) is 58.7 Å². The van der Waals surface area contributed by atoms with Gasteiger partial charge in [0, 0.05) is 11.1 Å². The van der Waals surface area contributed by atoms with Crippen LogP contribution >= 0.6 is 11.6 Å². The maximum absolute atomic E-state index is 8.12. The van der Waals surface area contributed by atoms with Gasteiger partial charge in [-0.05, 0) is 52.5 Å². The Morgan fingerprint density at radius 1 is 1.32 bits per heavy atom. The molecule has 3 nitrogen and oxygen atoms in total. The number of hydrogen-bond acceptors (Lipinski definition) is 3. The minimum Gasteiger partial charge on any atom is -0.497 e. The molecule has 19 heavy (non-hydrogen) atoms. The standard InChI is InChI=1S/C14H13ClN2OS/c1-18-11-4-2-5-12(10-11)19(16)9-7-14-13(15)6-3-8-17-14/h2-10,16H,1H3/b9-7+. The Kier molecular flexibility index (Phi) is 4.71. The fourth-order valence-electron chi connectivity index (χ4n) is 1.47. The zero-order valence-electron chi connectivity index (χ0n) is 10.3. The maximum atomic E-state index is 8.12. The van der Waals surface area contributed by atoms with Gasteiger partial charge >= 0.3 is 0 Å². The molecule has 5 heteroatoms. The topological polar surface area (TPSA) is 46.0 Å². The number of hydrogen-bond donors (Lipinski definition) is 1. The van der Waals surface area contributed by atoms with Crippen molar-refractivity contribution in [2.75, 3.05) is 7.11 Å². The smallest absolute Gasteiger partial charge is 0.120 e. The van der Waals surface area contributed by atoms with Gasteiger partial charge in [-0.15, -0.1) is 0 Å². The molecule has 1 aromatic carbocycles. The van der Waals surface area contributed by atoms with Crippen LogP contribution in [0.5, 0.6) is 5.75 Å². The van der Waals surface area contributed by atoms with Crippen LogP contribution in [-0.2, 0) is 10.7 Å². The van der Waals surface area contributed by atoms with Crippen LogP contribution in [0, 0.1) is 4.78 Å². The second kappa shape index (κ2) is 6.50. The highest BCUT2D eigenvalue weighted by molar-refractivity contribution is 7.89. The van der Waals surface area contributed by atoms with Gasteiger partial charge in [0.15, 0.2) is 0 Å². The van der Waals surface area contributed by atoms with Gasteiger partial charge in [-0.2, -0.15) is 0 Å². The molecule has 0 aliphatic heterocycles. The van der Waals surface area contributed by atoms with Gasteiger partial charge in [-0.3, -0.25) is 9.76 Å². The second-order valence-electron chi connectivity index (χ2n) is 3.69. The first-order valence-corrected chi connectivity index (χ1v) is 7.24. The highest BCUT2D eigenvalue weighted by Crippen LogP contribution is 2.18. The Morgan fingerprint density at radius 3 is 2.89 bits per heavy atom. The number of aromatic nitrogens is 1. The van der Waals surface area contributed by atoms with Crippen molar-refractivity contribution in [3.8, 4) is 5.75 Å². The minimum absolute atomic E-state index is 0.585. The van der Waals surface area contributed by atoms with Crippen LogP contribution in [0.15, 0.2) is 52.9 Å². The molecule has 1 N–H and O–H groups in total. The Bertz CT molecular complexity index is 628. The molecule has 0 saturated heterocycles. The van der Waals surface area contributed by atoms with E-state index in [1.807, 2.05) is 24.3 Å². The monoisotopic (exact) mass is 292 g/mol. The molecule has 1 aromatic heterocycles. The van der Waals surface area contributed by atoms with Crippen LogP contribution in [-0.4, -0.2) is 12.1 Å². The van der Waals surface area contributed by atoms with Crippen molar-refractivity contribution >= 4 is 28.4 Å². The largest absolute Gasteiger partial charge is 0.497 e. The van der Waals surface area contributed by atoms with E-state index in [4.69, 9.17) is 21.1 Å². The van der Waals surface area contributed by atoms with Gasteiger partial charge in [0.05, 0.1) is 17.8 Å². The molecule has 2 rings (SSSR count). The number of halogens is 1. The molecular weight excluding hydrogens is 280 g/mol. The number of nitrogens with one attached hydrogen (secondary N) is 1. The summed E-state index contributed by atoms with van der Waals surface area (Å²) in [4.78, 5) is 5.05. The Labute approximate surface area is 119 Å².